The highest BCUT2D eigenvalue weighted by Gasteiger charge is 2.43. The van der Waals surface area contributed by atoms with Crippen molar-refractivity contribution in [3.63, 3.8) is 0 Å². The number of nitrogens with one attached hydrogen (secondary N) is 1. The van der Waals surface area contributed by atoms with Crippen LogP contribution in [-0.2, 0) is 11.8 Å². The highest BCUT2D eigenvalue weighted by Crippen LogP contribution is 2.39. The van der Waals surface area contributed by atoms with Crippen molar-refractivity contribution in [1.29, 1.82) is 0 Å². The Morgan fingerprint density at radius 1 is 1.10 bits per heavy atom. The minimum absolute atomic E-state index is 0.166. The van der Waals surface area contributed by atoms with Crippen LogP contribution in [-0.4, -0.2) is 17.8 Å². The Morgan fingerprint density at radius 2 is 1.65 bits per heavy atom. The van der Waals surface area contributed by atoms with Crippen LogP contribution in [0.3, 0.4) is 0 Å². The molecule has 3 rings (SSSR count). The minimum Gasteiger partial charge on any atom is -0.311 e. The fraction of sp³-hybridized carbons (Fsp3) is 0.667. The maximum atomic E-state index is 15.1. The van der Waals surface area contributed by atoms with Gasteiger partial charge in [0.25, 0.3) is 0 Å². The van der Waals surface area contributed by atoms with Crippen molar-refractivity contribution in [2.45, 2.75) is 76.0 Å². The van der Waals surface area contributed by atoms with Crippen molar-refractivity contribution in [1.82, 2.24) is 5.32 Å². The van der Waals surface area contributed by atoms with Gasteiger partial charge in [-0.15, -0.1) is 0 Å². The van der Waals surface area contributed by atoms with E-state index in [-0.39, 0.29) is 5.41 Å². The maximum absolute atomic E-state index is 15.1. The SMILES string of the molecule is CC(C)(C)c1ccc(CC2(F)CC3CCC(C2)N3)cc1. The molecule has 2 atom stereocenters. The fourth-order valence-corrected chi connectivity index (χ4v) is 3.82. The molecule has 1 aromatic rings. The van der Waals surface area contributed by atoms with Crippen LogP contribution in [0.4, 0.5) is 4.39 Å². The number of benzene rings is 1. The standard InChI is InChI=1S/C18H26FN/c1-17(2,3)14-6-4-13(5-7-14)10-18(19)11-15-8-9-16(12-18)20-15/h4-7,15-16,20H,8-12H2,1-3H3. The van der Waals surface area contributed by atoms with Crippen LogP contribution >= 0.6 is 0 Å². The van der Waals surface area contributed by atoms with E-state index >= 15 is 4.39 Å². The molecule has 110 valence electrons. The molecule has 2 fully saturated rings. The molecule has 1 N–H and O–H groups in total. The van der Waals surface area contributed by atoms with Gasteiger partial charge in [-0.1, -0.05) is 45.0 Å². The van der Waals surface area contributed by atoms with Crippen LogP contribution in [0.5, 0.6) is 0 Å². The zero-order chi connectivity index (χ0) is 14.4. The van der Waals surface area contributed by atoms with Gasteiger partial charge in [-0.3, -0.25) is 0 Å². The molecule has 0 spiro atoms. The first-order valence-corrected chi connectivity index (χ1v) is 7.88. The van der Waals surface area contributed by atoms with Gasteiger partial charge in [-0.2, -0.15) is 0 Å². The lowest BCUT2D eigenvalue weighted by Gasteiger charge is -2.35. The van der Waals surface area contributed by atoms with Crippen molar-refractivity contribution in [3.8, 4) is 0 Å². The molecule has 0 radical (unpaired) electrons. The number of hydrogen-bond donors (Lipinski definition) is 1. The Balaban J connectivity index is 1.71. The molecule has 2 aliphatic rings. The summed E-state index contributed by atoms with van der Waals surface area (Å²) in [5.74, 6) is 0. The van der Waals surface area contributed by atoms with Gasteiger partial charge in [0.2, 0.25) is 0 Å². The van der Waals surface area contributed by atoms with Crippen LogP contribution in [0.2, 0.25) is 0 Å². The van der Waals surface area contributed by atoms with Gasteiger partial charge in [0.05, 0.1) is 0 Å². The van der Waals surface area contributed by atoms with E-state index in [4.69, 9.17) is 0 Å². The predicted octanol–water partition coefficient (Wildman–Crippen LogP) is 4.15. The van der Waals surface area contributed by atoms with Crippen molar-refractivity contribution < 1.29 is 4.39 Å². The summed E-state index contributed by atoms with van der Waals surface area (Å²) in [6, 6.07) is 9.38. The summed E-state index contributed by atoms with van der Waals surface area (Å²) in [6.07, 6.45) is 4.25. The monoisotopic (exact) mass is 275 g/mol. The highest BCUT2D eigenvalue weighted by molar-refractivity contribution is 5.28. The molecule has 2 saturated heterocycles. The average Bonchev–Trinajstić information content (AvgIpc) is 2.68. The molecule has 2 heterocycles. The summed E-state index contributed by atoms with van der Waals surface area (Å²) < 4.78 is 15.1. The molecule has 1 nitrogen and oxygen atoms in total. The zero-order valence-electron chi connectivity index (χ0n) is 12.9. The summed E-state index contributed by atoms with van der Waals surface area (Å²) >= 11 is 0. The summed E-state index contributed by atoms with van der Waals surface area (Å²) in [7, 11) is 0. The molecule has 2 unspecified atom stereocenters. The van der Waals surface area contributed by atoms with Gasteiger partial charge in [0.1, 0.15) is 5.67 Å². The Hall–Kier alpha value is -0.890. The molecule has 2 heteroatoms. The van der Waals surface area contributed by atoms with Crippen molar-refractivity contribution >= 4 is 0 Å². The van der Waals surface area contributed by atoms with Gasteiger partial charge in [0, 0.05) is 18.5 Å². The average molecular weight is 275 g/mol. The van der Waals surface area contributed by atoms with Gasteiger partial charge < -0.3 is 5.32 Å². The Labute approximate surface area is 122 Å². The molecular weight excluding hydrogens is 249 g/mol. The van der Waals surface area contributed by atoms with E-state index < -0.39 is 5.67 Å². The second-order valence-corrected chi connectivity index (χ2v) is 7.82. The molecule has 0 aliphatic carbocycles. The minimum atomic E-state index is -1.000. The number of piperidine rings is 1. The molecule has 20 heavy (non-hydrogen) atoms. The van der Waals surface area contributed by atoms with Gasteiger partial charge >= 0.3 is 0 Å². The van der Waals surface area contributed by atoms with Crippen LogP contribution in [0, 0.1) is 0 Å². The van der Waals surface area contributed by atoms with Crippen molar-refractivity contribution in [2.24, 2.45) is 0 Å². The summed E-state index contributed by atoms with van der Waals surface area (Å²) in [5, 5.41) is 3.52. The predicted molar refractivity (Wildman–Crippen MR) is 81.9 cm³/mol. The van der Waals surface area contributed by atoms with E-state index in [2.05, 4.69) is 50.4 Å². The number of alkyl halides is 1. The summed E-state index contributed by atoms with van der Waals surface area (Å²) in [4.78, 5) is 0. The van der Waals surface area contributed by atoms with E-state index in [1.54, 1.807) is 0 Å². The van der Waals surface area contributed by atoms with E-state index in [0.717, 1.165) is 18.4 Å². The first kappa shape index (κ1) is 14.1. The Morgan fingerprint density at radius 3 is 2.15 bits per heavy atom. The lowest BCUT2D eigenvalue weighted by molar-refractivity contribution is 0.0894. The van der Waals surface area contributed by atoms with Crippen molar-refractivity contribution in [2.75, 3.05) is 0 Å². The number of rotatable bonds is 2. The van der Waals surface area contributed by atoms with E-state index in [1.165, 1.54) is 5.56 Å². The second-order valence-electron chi connectivity index (χ2n) is 7.82. The Bertz CT molecular complexity index is 459. The largest absolute Gasteiger partial charge is 0.311 e. The lowest BCUT2D eigenvalue weighted by Crippen LogP contribution is -2.47. The molecule has 0 amide bonds. The topological polar surface area (TPSA) is 12.0 Å². The third kappa shape index (κ3) is 2.90. The van der Waals surface area contributed by atoms with Crippen LogP contribution in [0.1, 0.15) is 57.6 Å². The van der Waals surface area contributed by atoms with Crippen LogP contribution in [0.25, 0.3) is 0 Å². The lowest BCUT2D eigenvalue weighted by atomic mass is 9.82. The number of fused-ring (bicyclic) bond motifs is 2. The van der Waals surface area contributed by atoms with E-state index in [1.807, 2.05) is 0 Å². The van der Waals surface area contributed by atoms with Gasteiger partial charge in [-0.05, 0) is 42.2 Å². The molecule has 2 aliphatic heterocycles. The first-order valence-electron chi connectivity index (χ1n) is 7.88. The molecule has 1 aromatic carbocycles. The molecule has 0 saturated carbocycles. The molecule has 0 aromatic heterocycles. The summed E-state index contributed by atoms with van der Waals surface area (Å²) in [6.45, 7) is 6.63. The highest BCUT2D eigenvalue weighted by atomic mass is 19.1. The maximum Gasteiger partial charge on any atom is 0.118 e. The Kier molecular flexibility index (Phi) is 3.40. The van der Waals surface area contributed by atoms with Crippen LogP contribution in [0.15, 0.2) is 24.3 Å². The zero-order valence-corrected chi connectivity index (χ0v) is 12.9. The molecule has 2 bridgehead atoms. The van der Waals surface area contributed by atoms with E-state index in [9.17, 15) is 0 Å². The fourth-order valence-electron chi connectivity index (χ4n) is 3.82. The molecular formula is C18H26FN. The summed E-state index contributed by atoms with van der Waals surface area (Å²) in [5.41, 5.74) is 1.63. The first-order chi connectivity index (χ1) is 9.34. The normalized spacial score (nSPS) is 33.4. The third-order valence-electron chi connectivity index (χ3n) is 4.90. The smallest absolute Gasteiger partial charge is 0.118 e. The number of hydrogen-bond acceptors (Lipinski definition) is 1. The van der Waals surface area contributed by atoms with Gasteiger partial charge in [0.15, 0.2) is 0 Å². The van der Waals surface area contributed by atoms with Crippen molar-refractivity contribution in [3.05, 3.63) is 35.4 Å². The quantitative estimate of drug-likeness (QED) is 0.855. The van der Waals surface area contributed by atoms with Gasteiger partial charge in [-0.25, -0.2) is 4.39 Å². The van der Waals surface area contributed by atoms with Crippen LogP contribution < -0.4 is 5.32 Å². The number of halogens is 1. The second kappa shape index (κ2) is 4.84. The van der Waals surface area contributed by atoms with E-state index in [0.29, 0.717) is 31.3 Å². The third-order valence-corrected chi connectivity index (χ3v) is 4.90.